The molecule has 1 spiro atoms. The molecule has 0 radical (unpaired) electrons. The van der Waals surface area contributed by atoms with Gasteiger partial charge in [-0.3, -0.25) is 0 Å². The van der Waals surface area contributed by atoms with Crippen LogP contribution < -0.4 is 4.90 Å². The van der Waals surface area contributed by atoms with E-state index in [2.05, 4.69) is 223 Å². The lowest BCUT2D eigenvalue weighted by Crippen LogP contribution is -2.29. The highest BCUT2D eigenvalue weighted by Gasteiger charge is 2.54. The lowest BCUT2D eigenvalue weighted by molar-refractivity contribution is 0.793. The highest BCUT2D eigenvalue weighted by atomic mass is 15.1. The minimum Gasteiger partial charge on any atom is -0.310 e. The number of aromatic nitrogens is 3. The molecule has 1 unspecified atom stereocenters. The first-order valence-corrected chi connectivity index (χ1v) is 23.2. The molecule has 0 saturated heterocycles. The van der Waals surface area contributed by atoms with E-state index in [4.69, 9.17) is 15.0 Å². The zero-order chi connectivity index (χ0) is 45.0. The van der Waals surface area contributed by atoms with Crippen LogP contribution in [-0.2, 0) is 5.41 Å². The molecule has 1 heterocycles. The van der Waals surface area contributed by atoms with Gasteiger partial charge in [-0.05, 0) is 91.5 Å². The number of rotatable bonds is 8. The van der Waals surface area contributed by atoms with Crippen molar-refractivity contribution in [1.82, 2.24) is 15.0 Å². The Morgan fingerprint density at radius 3 is 1.26 bits per heavy atom. The van der Waals surface area contributed by atoms with E-state index in [1.165, 1.54) is 61.2 Å². The molecule has 0 aliphatic heterocycles. The Morgan fingerprint density at radius 1 is 0.265 bits per heavy atom. The Morgan fingerprint density at radius 2 is 0.676 bits per heavy atom. The number of benzene rings is 10. The van der Waals surface area contributed by atoms with E-state index in [0.29, 0.717) is 17.5 Å². The predicted molar refractivity (Wildman–Crippen MR) is 278 cm³/mol. The summed E-state index contributed by atoms with van der Waals surface area (Å²) in [5.74, 6) is 1.90. The first-order chi connectivity index (χ1) is 33.7. The van der Waals surface area contributed by atoms with Gasteiger partial charge in [-0.1, -0.05) is 224 Å². The SMILES string of the molecule is c1ccc(-c2ccc(N(c3cccc(-c4ccccc4)c3)c3cccc4c3C3(c5ccccc5-c5cccc(-c6nc(-c7ccccc7)nc(-c7ccccc7)n6)c53)c3ccccc3-4)cc2)cc1. The van der Waals surface area contributed by atoms with Crippen molar-refractivity contribution in [1.29, 1.82) is 0 Å². The third-order valence-electron chi connectivity index (χ3n) is 13.7. The largest absolute Gasteiger partial charge is 0.310 e. The molecule has 2 aliphatic carbocycles. The van der Waals surface area contributed by atoms with Crippen LogP contribution in [0.3, 0.4) is 0 Å². The molecule has 318 valence electrons. The second-order valence-corrected chi connectivity index (χ2v) is 17.5. The molecule has 4 nitrogen and oxygen atoms in total. The van der Waals surface area contributed by atoms with E-state index in [1.807, 2.05) is 36.4 Å². The van der Waals surface area contributed by atoms with Crippen LogP contribution in [0.15, 0.2) is 255 Å². The van der Waals surface area contributed by atoms with Crippen LogP contribution in [0.25, 0.3) is 78.7 Å². The average Bonchev–Trinajstić information content (AvgIpc) is 3.90. The van der Waals surface area contributed by atoms with Crippen LogP contribution in [0.4, 0.5) is 17.1 Å². The molecule has 1 aromatic heterocycles. The van der Waals surface area contributed by atoms with Crippen molar-refractivity contribution in [3.05, 3.63) is 277 Å². The van der Waals surface area contributed by atoms with E-state index in [-0.39, 0.29) is 0 Å². The molecule has 0 bridgehead atoms. The van der Waals surface area contributed by atoms with Gasteiger partial charge < -0.3 is 4.90 Å². The van der Waals surface area contributed by atoms with Gasteiger partial charge in [0.25, 0.3) is 0 Å². The maximum Gasteiger partial charge on any atom is 0.164 e. The van der Waals surface area contributed by atoms with Crippen LogP contribution >= 0.6 is 0 Å². The fraction of sp³-hybridized carbons (Fsp3) is 0.0156. The van der Waals surface area contributed by atoms with E-state index in [0.717, 1.165) is 39.3 Å². The summed E-state index contributed by atoms with van der Waals surface area (Å²) < 4.78 is 0. The van der Waals surface area contributed by atoms with Crippen LogP contribution in [0, 0.1) is 0 Å². The van der Waals surface area contributed by atoms with Crippen molar-refractivity contribution in [2.24, 2.45) is 0 Å². The summed E-state index contributed by atoms with van der Waals surface area (Å²) in [4.78, 5) is 18.4. The van der Waals surface area contributed by atoms with Crippen molar-refractivity contribution >= 4 is 17.1 Å². The second kappa shape index (κ2) is 16.2. The molecule has 68 heavy (non-hydrogen) atoms. The Hall–Kier alpha value is -8.99. The van der Waals surface area contributed by atoms with Crippen molar-refractivity contribution in [2.45, 2.75) is 5.41 Å². The smallest absolute Gasteiger partial charge is 0.164 e. The van der Waals surface area contributed by atoms with Crippen LogP contribution in [0.2, 0.25) is 0 Å². The molecular weight excluding hydrogens is 825 g/mol. The zero-order valence-electron chi connectivity index (χ0n) is 37.0. The van der Waals surface area contributed by atoms with E-state index < -0.39 is 5.41 Å². The zero-order valence-corrected chi connectivity index (χ0v) is 37.0. The Bertz CT molecular complexity index is 3600. The standard InChI is InChI=1S/C64H42N4/c1-5-20-43(21-6-1)45-38-40-49(41-39-45)68(50-29-17-28-48(42-50)44-22-7-2-8-23-44)58-37-19-33-54-52-31-14-16-36-57(52)64(60(54)58)56-35-15-13-30-51(56)53-32-18-34-55(59(53)64)63-66-61(46-24-9-3-10-25-46)65-62(67-63)47-26-11-4-12-27-47/h1-42H. The molecule has 0 saturated carbocycles. The summed E-state index contributed by atoms with van der Waals surface area (Å²) in [5.41, 5.74) is 19.6. The monoisotopic (exact) mass is 866 g/mol. The van der Waals surface area contributed by atoms with Crippen molar-refractivity contribution in [3.8, 4) is 78.7 Å². The number of hydrogen-bond acceptors (Lipinski definition) is 4. The Labute approximate surface area is 396 Å². The molecule has 10 aromatic carbocycles. The Kier molecular flexibility index (Phi) is 9.36. The summed E-state index contributed by atoms with van der Waals surface area (Å²) in [6.07, 6.45) is 0. The number of hydrogen-bond donors (Lipinski definition) is 0. The summed E-state index contributed by atoms with van der Waals surface area (Å²) in [6.45, 7) is 0. The van der Waals surface area contributed by atoms with Crippen molar-refractivity contribution in [2.75, 3.05) is 4.90 Å². The van der Waals surface area contributed by atoms with E-state index in [9.17, 15) is 0 Å². The maximum absolute atomic E-state index is 5.40. The minimum absolute atomic E-state index is 0.632. The van der Waals surface area contributed by atoms with Crippen molar-refractivity contribution in [3.63, 3.8) is 0 Å². The van der Waals surface area contributed by atoms with Crippen LogP contribution in [0.1, 0.15) is 22.3 Å². The quantitative estimate of drug-likeness (QED) is 0.153. The first-order valence-electron chi connectivity index (χ1n) is 23.2. The van der Waals surface area contributed by atoms with Gasteiger partial charge in [-0.25, -0.2) is 15.0 Å². The highest BCUT2D eigenvalue weighted by molar-refractivity contribution is 6.02. The molecular formula is C64H42N4. The lowest BCUT2D eigenvalue weighted by Gasteiger charge is -2.36. The predicted octanol–water partition coefficient (Wildman–Crippen LogP) is 16.0. The molecule has 1 atom stereocenters. The molecule has 0 fully saturated rings. The van der Waals surface area contributed by atoms with Gasteiger partial charge >= 0.3 is 0 Å². The molecule has 0 N–H and O–H groups in total. The third kappa shape index (κ3) is 6.26. The van der Waals surface area contributed by atoms with Gasteiger partial charge in [-0.2, -0.15) is 0 Å². The van der Waals surface area contributed by atoms with Gasteiger partial charge in [0.05, 0.1) is 11.1 Å². The molecule has 2 aliphatic rings. The first kappa shape index (κ1) is 39.4. The Balaban J connectivity index is 1.11. The summed E-state index contributed by atoms with van der Waals surface area (Å²) in [5, 5.41) is 0. The fourth-order valence-electron chi connectivity index (χ4n) is 10.9. The number of fused-ring (bicyclic) bond motifs is 10. The van der Waals surface area contributed by atoms with Gasteiger partial charge in [0, 0.05) is 33.6 Å². The molecule has 11 aromatic rings. The van der Waals surface area contributed by atoms with Crippen LogP contribution in [-0.4, -0.2) is 15.0 Å². The average molecular weight is 867 g/mol. The fourth-order valence-corrected chi connectivity index (χ4v) is 10.9. The summed E-state index contributed by atoms with van der Waals surface area (Å²) in [6, 6.07) is 91.4. The highest BCUT2D eigenvalue weighted by Crippen LogP contribution is 2.66. The summed E-state index contributed by atoms with van der Waals surface area (Å²) >= 11 is 0. The normalized spacial score (nSPS) is 13.9. The number of nitrogens with zero attached hydrogens (tertiary/aromatic N) is 4. The molecule has 13 rings (SSSR count). The second-order valence-electron chi connectivity index (χ2n) is 17.5. The van der Waals surface area contributed by atoms with Gasteiger partial charge in [-0.15, -0.1) is 0 Å². The van der Waals surface area contributed by atoms with Crippen molar-refractivity contribution < 1.29 is 0 Å². The topological polar surface area (TPSA) is 41.9 Å². The van der Waals surface area contributed by atoms with Gasteiger partial charge in [0.2, 0.25) is 0 Å². The van der Waals surface area contributed by atoms with E-state index >= 15 is 0 Å². The van der Waals surface area contributed by atoms with Gasteiger partial charge in [0.1, 0.15) is 0 Å². The minimum atomic E-state index is -0.767. The van der Waals surface area contributed by atoms with E-state index in [1.54, 1.807) is 0 Å². The van der Waals surface area contributed by atoms with Gasteiger partial charge in [0.15, 0.2) is 17.5 Å². The van der Waals surface area contributed by atoms with Crippen LogP contribution in [0.5, 0.6) is 0 Å². The maximum atomic E-state index is 5.40. The summed E-state index contributed by atoms with van der Waals surface area (Å²) in [7, 11) is 0. The molecule has 4 heteroatoms. The third-order valence-corrected chi connectivity index (χ3v) is 13.7. The number of anilines is 3. The molecule has 0 amide bonds. The lowest BCUT2D eigenvalue weighted by atomic mass is 9.68.